The monoisotopic (exact) mass is 236 g/mol. The van der Waals surface area contributed by atoms with Gasteiger partial charge in [0, 0.05) is 13.1 Å². The van der Waals surface area contributed by atoms with Gasteiger partial charge in [0.2, 0.25) is 0 Å². The Morgan fingerprint density at radius 1 is 1.47 bits per heavy atom. The van der Waals surface area contributed by atoms with Crippen molar-refractivity contribution in [2.45, 2.75) is 31.7 Å². The molecule has 2 aliphatic rings. The molecule has 1 spiro atoms. The van der Waals surface area contributed by atoms with E-state index >= 15 is 0 Å². The van der Waals surface area contributed by atoms with Gasteiger partial charge in [0.1, 0.15) is 0 Å². The van der Waals surface area contributed by atoms with Crippen molar-refractivity contribution in [2.75, 3.05) is 32.7 Å². The van der Waals surface area contributed by atoms with Crippen molar-refractivity contribution in [3.8, 4) is 0 Å². The van der Waals surface area contributed by atoms with Gasteiger partial charge >= 0.3 is 0 Å². The van der Waals surface area contributed by atoms with Gasteiger partial charge in [0.05, 0.1) is 12.1 Å². The van der Waals surface area contributed by atoms with E-state index in [0.29, 0.717) is 5.96 Å². The molecule has 0 amide bonds. The van der Waals surface area contributed by atoms with Gasteiger partial charge in [-0.25, -0.2) is 0 Å². The first-order valence-corrected chi connectivity index (χ1v) is 6.62. The molecule has 1 atom stereocenters. The average Bonchev–Trinajstić information content (AvgIpc) is 2.54. The highest BCUT2D eigenvalue weighted by molar-refractivity contribution is 5.81. The van der Waals surface area contributed by atoms with Crippen molar-refractivity contribution in [2.24, 2.45) is 10.7 Å². The number of rotatable bonds is 3. The van der Waals surface area contributed by atoms with E-state index in [1.165, 1.54) is 25.8 Å². The van der Waals surface area contributed by atoms with Crippen molar-refractivity contribution in [3.05, 3.63) is 12.7 Å². The predicted molar refractivity (Wildman–Crippen MR) is 72.1 cm³/mol. The highest BCUT2D eigenvalue weighted by atomic mass is 15.4. The van der Waals surface area contributed by atoms with Crippen LogP contribution in [0.1, 0.15) is 26.2 Å². The number of nitrogens with two attached hydrogens (primary N) is 1. The third-order valence-corrected chi connectivity index (χ3v) is 4.15. The maximum atomic E-state index is 6.00. The topological polar surface area (TPSA) is 44.9 Å². The maximum absolute atomic E-state index is 6.00. The Labute approximate surface area is 104 Å². The molecule has 2 N–H and O–H groups in total. The van der Waals surface area contributed by atoms with E-state index in [-0.39, 0.29) is 5.54 Å². The number of nitrogens with zero attached hydrogens (tertiary/aromatic N) is 3. The molecule has 2 heterocycles. The molecule has 1 saturated heterocycles. The fourth-order valence-corrected chi connectivity index (χ4v) is 3.04. The Morgan fingerprint density at radius 3 is 3.00 bits per heavy atom. The second-order valence-electron chi connectivity index (χ2n) is 5.09. The van der Waals surface area contributed by atoms with E-state index in [2.05, 4.69) is 28.3 Å². The molecule has 1 fully saturated rings. The van der Waals surface area contributed by atoms with Crippen molar-refractivity contribution in [3.63, 3.8) is 0 Å². The van der Waals surface area contributed by atoms with Crippen LogP contribution in [0.3, 0.4) is 0 Å². The number of hydrogen-bond acceptors (Lipinski definition) is 4. The minimum atomic E-state index is 0.169. The van der Waals surface area contributed by atoms with Crippen molar-refractivity contribution in [1.29, 1.82) is 0 Å². The summed E-state index contributed by atoms with van der Waals surface area (Å²) in [7, 11) is 0. The van der Waals surface area contributed by atoms with Gasteiger partial charge in [-0.15, -0.1) is 6.58 Å². The molecule has 0 radical (unpaired) electrons. The molecule has 0 bridgehead atoms. The summed E-state index contributed by atoms with van der Waals surface area (Å²) in [5.41, 5.74) is 6.17. The van der Waals surface area contributed by atoms with E-state index in [0.717, 1.165) is 26.2 Å². The first-order valence-electron chi connectivity index (χ1n) is 6.62. The van der Waals surface area contributed by atoms with Crippen LogP contribution in [0, 0.1) is 0 Å². The summed E-state index contributed by atoms with van der Waals surface area (Å²) >= 11 is 0. The third kappa shape index (κ3) is 2.32. The lowest BCUT2D eigenvalue weighted by Gasteiger charge is -2.38. The minimum absolute atomic E-state index is 0.169. The number of likely N-dealkylation sites (tertiary alicyclic amines) is 1. The first-order chi connectivity index (χ1) is 8.22. The summed E-state index contributed by atoms with van der Waals surface area (Å²) < 4.78 is 0. The molecule has 2 rings (SSSR count). The van der Waals surface area contributed by atoms with E-state index < -0.39 is 0 Å². The summed E-state index contributed by atoms with van der Waals surface area (Å²) in [6.07, 6.45) is 5.53. The minimum Gasteiger partial charge on any atom is -0.370 e. The van der Waals surface area contributed by atoms with Crippen LogP contribution in [0.15, 0.2) is 17.6 Å². The van der Waals surface area contributed by atoms with Crippen LogP contribution in [0.4, 0.5) is 0 Å². The Bertz CT molecular complexity index is 313. The molecule has 96 valence electrons. The number of hydrogen-bond donors (Lipinski definition) is 1. The molecular weight excluding hydrogens is 212 g/mol. The SMILES string of the molecule is C=CCN1C(N)=NCC12CCCN(CC)CC2. The van der Waals surface area contributed by atoms with Gasteiger partial charge < -0.3 is 15.5 Å². The molecule has 17 heavy (non-hydrogen) atoms. The van der Waals surface area contributed by atoms with Gasteiger partial charge in [-0.3, -0.25) is 4.99 Å². The molecule has 4 nitrogen and oxygen atoms in total. The van der Waals surface area contributed by atoms with Gasteiger partial charge in [-0.05, 0) is 32.4 Å². The number of aliphatic imine (C=N–C) groups is 1. The van der Waals surface area contributed by atoms with Crippen LogP contribution in [-0.2, 0) is 0 Å². The second-order valence-corrected chi connectivity index (χ2v) is 5.09. The van der Waals surface area contributed by atoms with Crippen molar-refractivity contribution in [1.82, 2.24) is 9.80 Å². The fourth-order valence-electron chi connectivity index (χ4n) is 3.04. The zero-order valence-corrected chi connectivity index (χ0v) is 10.9. The summed E-state index contributed by atoms with van der Waals surface area (Å²) in [5, 5.41) is 0. The molecule has 1 unspecified atom stereocenters. The van der Waals surface area contributed by atoms with Crippen molar-refractivity contribution >= 4 is 5.96 Å². The first kappa shape index (κ1) is 12.4. The molecular formula is C13H24N4. The summed E-state index contributed by atoms with van der Waals surface area (Å²) in [5.74, 6) is 0.704. The molecule has 0 saturated carbocycles. The molecule has 0 aromatic rings. The van der Waals surface area contributed by atoms with E-state index in [9.17, 15) is 0 Å². The zero-order valence-electron chi connectivity index (χ0n) is 10.9. The Hall–Kier alpha value is -1.03. The lowest BCUT2D eigenvalue weighted by atomic mass is 9.89. The smallest absolute Gasteiger partial charge is 0.192 e. The van der Waals surface area contributed by atoms with E-state index in [4.69, 9.17) is 5.73 Å². The van der Waals surface area contributed by atoms with Crippen LogP contribution >= 0.6 is 0 Å². The van der Waals surface area contributed by atoms with Crippen LogP contribution < -0.4 is 5.73 Å². The van der Waals surface area contributed by atoms with Crippen molar-refractivity contribution < 1.29 is 0 Å². The van der Waals surface area contributed by atoms with Gasteiger partial charge in [0.25, 0.3) is 0 Å². The normalized spacial score (nSPS) is 30.4. The summed E-state index contributed by atoms with van der Waals surface area (Å²) in [6.45, 7) is 11.3. The van der Waals surface area contributed by atoms with Crippen LogP contribution in [-0.4, -0.2) is 54.0 Å². The highest BCUT2D eigenvalue weighted by Crippen LogP contribution is 2.32. The molecule has 0 aromatic carbocycles. The van der Waals surface area contributed by atoms with Crippen LogP contribution in [0.2, 0.25) is 0 Å². The predicted octanol–water partition coefficient (Wildman–Crippen LogP) is 1.05. The zero-order chi connectivity index (χ0) is 12.3. The Kier molecular flexibility index (Phi) is 3.72. The molecule has 0 aromatic heterocycles. The lowest BCUT2D eigenvalue weighted by molar-refractivity contribution is 0.186. The average molecular weight is 236 g/mol. The largest absolute Gasteiger partial charge is 0.370 e. The van der Waals surface area contributed by atoms with Crippen LogP contribution in [0.25, 0.3) is 0 Å². The Balaban J connectivity index is 2.10. The third-order valence-electron chi connectivity index (χ3n) is 4.15. The lowest BCUT2D eigenvalue weighted by Crippen LogP contribution is -2.52. The van der Waals surface area contributed by atoms with Gasteiger partial charge in [-0.2, -0.15) is 0 Å². The quantitative estimate of drug-likeness (QED) is 0.745. The number of guanidine groups is 1. The Morgan fingerprint density at radius 2 is 2.29 bits per heavy atom. The highest BCUT2D eigenvalue weighted by Gasteiger charge is 2.42. The second kappa shape index (κ2) is 5.08. The molecule has 2 aliphatic heterocycles. The standard InChI is InChI=1S/C13H24N4/c1-3-8-17-12(14)15-11-13(17)6-5-9-16(4-2)10-7-13/h3H,1,4-11H2,2H3,(H2,14,15). The summed E-state index contributed by atoms with van der Waals surface area (Å²) in [6, 6.07) is 0. The van der Waals surface area contributed by atoms with E-state index in [1.54, 1.807) is 0 Å². The molecule has 0 aliphatic carbocycles. The van der Waals surface area contributed by atoms with Gasteiger partial charge in [0.15, 0.2) is 5.96 Å². The molecule has 4 heteroatoms. The van der Waals surface area contributed by atoms with Crippen LogP contribution in [0.5, 0.6) is 0 Å². The maximum Gasteiger partial charge on any atom is 0.192 e. The summed E-state index contributed by atoms with van der Waals surface area (Å²) in [4.78, 5) is 9.25. The van der Waals surface area contributed by atoms with E-state index in [1.807, 2.05) is 6.08 Å². The van der Waals surface area contributed by atoms with Gasteiger partial charge in [-0.1, -0.05) is 13.0 Å². The fraction of sp³-hybridized carbons (Fsp3) is 0.769.